The van der Waals surface area contributed by atoms with Crippen molar-refractivity contribution in [1.82, 2.24) is 5.32 Å². The van der Waals surface area contributed by atoms with Crippen molar-refractivity contribution < 1.29 is 4.74 Å². The molecule has 2 nitrogen and oxygen atoms in total. The number of hydrogen-bond acceptors (Lipinski definition) is 2. The SMILES string of the molecule is CCNC1CC(C)(C)CCc2c(Br)cc(OC)cc21. The molecule has 1 aromatic rings. The summed E-state index contributed by atoms with van der Waals surface area (Å²) in [7, 11) is 1.73. The van der Waals surface area contributed by atoms with Crippen LogP contribution in [0.3, 0.4) is 0 Å². The number of fused-ring (bicyclic) bond motifs is 1. The van der Waals surface area contributed by atoms with E-state index in [0.717, 1.165) is 18.7 Å². The van der Waals surface area contributed by atoms with Crippen LogP contribution in [-0.4, -0.2) is 13.7 Å². The van der Waals surface area contributed by atoms with Gasteiger partial charge in [-0.25, -0.2) is 0 Å². The van der Waals surface area contributed by atoms with Gasteiger partial charge in [-0.2, -0.15) is 0 Å². The third kappa shape index (κ3) is 3.32. The Kier molecular flexibility index (Phi) is 4.57. The minimum atomic E-state index is 0.374. The second-order valence-corrected chi connectivity index (χ2v) is 7.01. The first-order chi connectivity index (χ1) is 8.96. The summed E-state index contributed by atoms with van der Waals surface area (Å²) in [4.78, 5) is 0. The third-order valence-electron chi connectivity index (χ3n) is 4.07. The smallest absolute Gasteiger partial charge is 0.120 e. The summed E-state index contributed by atoms with van der Waals surface area (Å²) in [6.45, 7) is 7.91. The van der Waals surface area contributed by atoms with Gasteiger partial charge in [-0.15, -0.1) is 0 Å². The lowest BCUT2D eigenvalue weighted by molar-refractivity contribution is 0.275. The molecule has 1 aromatic carbocycles. The lowest BCUT2D eigenvalue weighted by Crippen LogP contribution is -2.25. The highest BCUT2D eigenvalue weighted by molar-refractivity contribution is 9.10. The number of hydrogen-bond donors (Lipinski definition) is 1. The molecule has 0 radical (unpaired) electrons. The Morgan fingerprint density at radius 3 is 2.79 bits per heavy atom. The van der Waals surface area contributed by atoms with Crippen LogP contribution in [0.1, 0.15) is 50.8 Å². The summed E-state index contributed by atoms with van der Waals surface area (Å²) in [5.74, 6) is 0.938. The maximum Gasteiger partial charge on any atom is 0.120 e. The first-order valence-corrected chi connectivity index (χ1v) is 7.86. The molecule has 3 heteroatoms. The van der Waals surface area contributed by atoms with E-state index in [4.69, 9.17) is 4.74 Å². The number of methoxy groups -OCH3 is 1. The van der Waals surface area contributed by atoms with Crippen molar-refractivity contribution in [1.29, 1.82) is 0 Å². The lowest BCUT2D eigenvalue weighted by atomic mass is 9.83. The molecule has 106 valence electrons. The summed E-state index contributed by atoms with van der Waals surface area (Å²) in [5, 5.41) is 3.64. The van der Waals surface area contributed by atoms with Crippen LogP contribution in [0.5, 0.6) is 5.75 Å². The summed E-state index contributed by atoms with van der Waals surface area (Å²) in [6.07, 6.45) is 3.54. The number of ether oxygens (including phenoxy) is 1. The average Bonchev–Trinajstić information content (AvgIpc) is 2.47. The van der Waals surface area contributed by atoms with Gasteiger partial charge in [0.25, 0.3) is 0 Å². The van der Waals surface area contributed by atoms with Crippen LogP contribution in [0.4, 0.5) is 0 Å². The molecular formula is C16H24BrNO. The monoisotopic (exact) mass is 325 g/mol. The van der Waals surface area contributed by atoms with Gasteiger partial charge in [-0.05, 0) is 54.5 Å². The average molecular weight is 326 g/mol. The largest absolute Gasteiger partial charge is 0.497 e. The molecule has 0 amide bonds. The Bertz CT molecular complexity index is 456. The van der Waals surface area contributed by atoms with Crippen molar-refractivity contribution in [3.8, 4) is 5.75 Å². The summed E-state index contributed by atoms with van der Waals surface area (Å²) in [5.41, 5.74) is 3.22. The Morgan fingerprint density at radius 1 is 1.42 bits per heavy atom. The van der Waals surface area contributed by atoms with E-state index in [1.54, 1.807) is 7.11 Å². The molecule has 1 aliphatic carbocycles. The molecule has 1 atom stereocenters. The molecule has 2 rings (SSSR count). The molecule has 0 saturated heterocycles. The Labute approximate surface area is 125 Å². The third-order valence-corrected chi connectivity index (χ3v) is 4.78. The van der Waals surface area contributed by atoms with Gasteiger partial charge in [0.15, 0.2) is 0 Å². The van der Waals surface area contributed by atoms with Crippen LogP contribution >= 0.6 is 15.9 Å². The highest BCUT2D eigenvalue weighted by Crippen LogP contribution is 2.42. The van der Waals surface area contributed by atoms with Gasteiger partial charge in [0.2, 0.25) is 0 Å². The van der Waals surface area contributed by atoms with E-state index < -0.39 is 0 Å². The highest BCUT2D eigenvalue weighted by atomic mass is 79.9. The van der Waals surface area contributed by atoms with Crippen LogP contribution in [0.2, 0.25) is 0 Å². The molecule has 0 aliphatic heterocycles. The van der Waals surface area contributed by atoms with E-state index >= 15 is 0 Å². The first kappa shape index (κ1) is 14.9. The van der Waals surface area contributed by atoms with E-state index in [1.807, 2.05) is 0 Å². The fourth-order valence-corrected chi connectivity index (χ4v) is 3.63. The predicted molar refractivity (Wildman–Crippen MR) is 83.8 cm³/mol. The molecule has 1 N–H and O–H groups in total. The zero-order chi connectivity index (χ0) is 14.0. The molecule has 0 spiro atoms. The second kappa shape index (κ2) is 5.84. The van der Waals surface area contributed by atoms with Crippen molar-refractivity contribution in [3.05, 3.63) is 27.7 Å². The minimum absolute atomic E-state index is 0.374. The van der Waals surface area contributed by atoms with E-state index in [-0.39, 0.29) is 0 Å². The van der Waals surface area contributed by atoms with Crippen LogP contribution in [0, 0.1) is 5.41 Å². The molecule has 1 aliphatic rings. The Morgan fingerprint density at radius 2 is 2.16 bits per heavy atom. The maximum absolute atomic E-state index is 5.42. The second-order valence-electron chi connectivity index (χ2n) is 6.16. The molecule has 0 bridgehead atoms. The fraction of sp³-hybridized carbons (Fsp3) is 0.625. The lowest BCUT2D eigenvalue weighted by Gasteiger charge is -2.27. The van der Waals surface area contributed by atoms with Crippen LogP contribution < -0.4 is 10.1 Å². The quantitative estimate of drug-likeness (QED) is 0.828. The van der Waals surface area contributed by atoms with Gasteiger partial charge < -0.3 is 10.1 Å². The number of rotatable bonds is 3. The van der Waals surface area contributed by atoms with Crippen molar-refractivity contribution in [2.75, 3.05) is 13.7 Å². The number of halogens is 1. The van der Waals surface area contributed by atoms with Gasteiger partial charge in [0, 0.05) is 10.5 Å². The van der Waals surface area contributed by atoms with Gasteiger partial charge in [0.05, 0.1) is 7.11 Å². The number of nitrogens with one attached hydrogen (secondary N) is 1. The summed E-state index contributed by atoms with van der Waals surface area (Å²) >= 11 is 3.72. The zero-order valence-corrected chi connectivity index (χ0v) is 13.9. The van der Waals surface area contributed by atoms with Gasteiger partial charge in [0.1, 0.15) is 5.75 Å². The topological polar surface area (TPSA) is 21.3 Å². The first-order valence-electron chi connectivity index (χ1n) is 7.06. The normalized spacial score (nSPS) is 21.6. The van der Waals surface area contributed by atoms with Gasteiger partial charge in [-0.1, -0.05) is 36.7 Å². The van der Waals surface area contributed by atoms with E-state index in [9.17, 15) is 0 Å². The van der Waals surface area contributed by atoms with Crippen LogP contribution in [0.25, 0.3) is 0 Å². The minimum Gasteiger partial charge on any atom is -0.497 e. The molecule has 0 aromatic heterocycles. The van der Waals surface area contributed by atoms with Crippen LogP contribution in [-0.2, 0) is 6.42 Å². The van der Waals surface area contributed by atoms with Crippen molar-refractivity contribution in [2.24, 2.45) is 5.41 Å². The summed E-state index contributed by atoms with van der Waals surface area (Å²) < 4.78 is 6.61. The predicted octanol–water partition coefficient (Wildman–Crippen LogP) is 4.47. The van der Waals surface area contributed by atoms with E-state index in [1.165, 1.54) is 28.4 Å². The molecule has 0 heterocycles. The Hall–Kier alpha value is -0.540. The van der Waals surface area contributed by atoms with Crippen molar-refractivity contribution >= 4 is 15.9 Å². The Balaban J connectivity index is 2.47. The highest BCUT2D eigenvalue weighted by Gasteiger charge is 2.30. The fourth-order valence-electron chi connectivity index (χ4n) is 2.98. The van der Waals surface area contributed by atoms with Gasteiger partial charge in [-0.3, -0.25) is 0 Å². The number of benzene rings is 1. The van der Waals surface area contributed by atoms with Crippen molar-refractivity contribution in [2.45, 2.75) is 46.1 Å². The molecule has 1 unspecified atom stereocenters. The molecule has 0 fully saturated rings. The zero-order valence-electron chi connectivity index (χ0n) is 12.3. The van der Waals surface area contributed by atoms with Gasteiger partial charge >= 0.3 is 0 Å². The van der Waals surface area contributed by atoms with Crippen molar-refractivity contribution in [3.63, 3.8) is 0 Å². The maximum atomic E-state index is 5.42. The van der Waals surface area contributed by atoms with Crippen LogP contribution in [0.15, 0.2) is 16.6 Å². The molecule has 0 saturated carbocycles. The van der Waals surface area contributed by atoms with E-state index in [2.05, 4.69) is 54.2 Å². The molecular weight excluding hydrogens is 302 g/mol. The summed E-state index contributed by atoms with van der Waals surface area (Å²) in [6, 6.07) is 4.71. The standard InChI is InChI=1S/C16H24BrNO/c1-5-18-15-10-16(2,3)7-6-12-13(15)8-11(19-4)9-14(12)17/h8-9,15,18H,5-7,10H2,1-4H3. The molecule has 19 heavy (non-hydrogen) atoms. The van der Waals surface area contributed by atoms with E-state index in [0.29, 0.717) is 11.5 Å².